The van der Waals surface area contributed by atoms with E-state index in [2.05, 4.69) is 10.4 Å². The van der Waals surface area contributed by atoms with Crippen LogP contribution in [0.1, 0.15) is 5.56 Å². The molecule has 1 heterocycles. The number of aryl methyl sites for hydroxylation is 1. The first-order chi connectivity index (χ1) is 9.02. The van der Waals surface area contributed by atoms with Crippen LogP contribution < -0.4 is 22.3 Å². The van der Waals surface area contributed by atoms with Crippen molar-refractivity contribution in [3.05, 3.63) is 50.7 Å². The number of aromatic nitrogens is 3. The first kappa shape index (κ1) is 13.0. The van der Waals surface area contributed by atoms with E-state index in [0.717, 1.165) is 14.8 Å². The Morgan fingerprint density at radius 2 is 2.05 bits per heavy atom. The van der Waals surface area contributed by atoms with Gasteiger partial charge in [-0.15, -0.1) is 5.10 Å². The van der Waals surface area contributed by atoms with Gasteiger partial charge in [0.15, 0.2) is 0 Å². The summed E-state index contributed by atoms with van der Waals surface area (Å²) in [6, 6.07) is 7.34. The summed E-state index contributed by atoms with van der Waals surface area (Å²) in [5.41, 5.74) is 6.25. The zero-order chi connectivity index (χ0) is 14.0. The van der Waals surface area contributed by atoms with Crippen LogP contribution in [0.25, 0.3) is 0 Å². The molecule has 0 bridgehead atoms. The Bertz CT molecular complexity index is 717. The first-order valence-electron chi connectivity index (χ1n) is 5.73. The predicted octanol–water partition coefficient (Wildman–Crippen LogP) is -0.319. The smallest absolute Gasteiger partial charge is 0.334 e. The van der Waals surface area contributed by atoms with E-state index < -0.39 is 11.2 Å². The summed E-state index contributed by atoms with van der Waals surface area (Å²) >= 11 is 0. The normalized spacial score (nSPS) is 10.5. The van der Waals surface area contributed by atoms with Crippen LogP contribution in [0.4, 0.5) is 11.5 Å². The highest BCUT2D eigenvalue weighted by molar-refractivity contribution is 5.55. The van der Waals surface area contributed by atoms with Crippen molar-refractivity contribution in [3.8, 4) is 0 Å². The second-order valence-electron chi connectivity index (χ2n) is 4.15. The Labute approximate surface area is 109 Å². The van der Waals surface area contributed by atoms with Gasteiger partial charge in [-0.3, -0.25) is 9.36 Å². The van der Waals surface area contributed by atoms with Crippen molar-refractivity contribution in [3.63, 3.8) is 0 Å². The van der Waals surface area contributed by atoms with Crippen LogP contribution in [-0.4, -0.2) is 14.3 Å². The maximum absolute atomic E-state index is 11.9. The number of benzene rings is 1. The maximum atomic E-state index is 11.9. The Hall–Kier alpha value is -2.41. The quantitative estimate of drug-likeness (QED) is 0.789. The number of rotatable bonds is 3. The van der Waals surface area contributed by atoms with Gasteiger partial charge in [-0.2, -0.15) is 0 Å². The van der Waals surface area contributed by atoms with E-state index in [0.29, 0.717) is 12.2 Å². The van der Waals surface area contributed by atoms with E-state index in [4.69, 9.17) is 5.73 Å². The van der Waals surface area contributed by atoms with Gasteiger partial charge in [-0.05, 0) is 17.7 Å². The fraction of sp³-hybridized carbons (Fsp3) is 0.250. The minimum Gasteiger partial charge on any atom is -0.334 e. The minimum atomic E-state index is -0.471. The molecule has 0 unspecified atom stereocenters. The van der Waals surface area contributed by atoms with E-state index in [-0.39, 0.29) is 5.82 Å². The molecular weight excluding hydrogens is 246 g/mol. The zero-order valence-corrected chi connectivity index (χ0v) is 10.8. The molecule has 7 heteroatoms. The van der Waals surface area contributed by atoms with E-state index >= 15 is 0 Å². The second kappa shape index (κ2) is 5.07. The fourth-order valence-corrected chi connectivity index (χ4v) is 1.69. The molecule has 100 valence electrons. The molecule has 2 aromatic rings. The van der Waals surface area contributed by atoms with Crippen LogP contribution in [0, 0.1) is 0 Å². The van der Waals surface area contributed by atoms with Crippen LogP contribution in [0.15, 0.2) is 33.9 Å². The lowest BCUT2D eigenvalue weighted by Gasteiger charge is -2.08. The molecule has 0 saturated carbocycles. The van der Waals surface area contributed by atoms with Gasteiger partial charge in [0.2, 0.25) is 5.82 Å². The Morgan fingerprint density at radius 1 is 1.32 bits per heavy atom. The van der Waals surface area contributed by atoms with Crippen LogP contribution in [0.2, 0.25) is 0 Å². The standard InChI is InChI=1S/C12H15N5O2/c1-16-11(18)10(15-17(2)12(16)19)14-9-5-3-4-8(6-9)7-13/h3-6H,7,13H2,1-2H3,(H,14,15). The van der Waals surface area contributed by atoms with Gasteiger partial charge in [0.25, 0.3) is 5.56 Å². The molecule has 1 aromatic carbocycles. The number of anilines is 2. The molecule has 0 aliphatic rings. The molecule has 0 amide bonds. The lowest BCUT2D eigenvalue weighted by molar-refractivity contribution is 0.606. The Balaban J connectivity index is 2.44. The SMILES string of the molecule is Cn1nc(Nc2cccc(CN)c2)c(=O)n(C)c1=O. The monoisotopic (exact) mass is 261 g/mol. The first-order valence-corrected chi connectivity index (χ1v) is 5.73. The molecule has 0 radical (unpaired) electrons. The zero-order valence-electron chi connectivity index (χ0n) is 10.8. The number of nitrogens with one attached hydrogen (secondary N) is 1. The summed E-state index contributed by atoms with van der Waals surface area (Å²) in [5.74, 6) is 0.0961. The summed E-state index contributed by atoms with van der Waals surface area (Å²) in [4.78, 5) is 23.4. The number of nitrogens with two attached hydrogens (primary N) is 1. The highest BCUT2D eigenvalue weighted by Gasteiger charge is 2.08. The molecule has 3 N–H and O–H groups in total. The van der Waals surface area contributed by atoms with Crippen molar-refractivity contribution in [1.82, 2.24) is 14.3 Å². The molecule has 19 heavy (non-hydrogen) atoms. The van der Waals surface area contributed by atoms with Crippen molar-refractivity contribution in [2.75, 3.05) is 5.32 Å². The van der Waals surface area contributed by atoms with Crippen LogP contribution in [0.3, 0.4) is 0 Å². The lowest BCUT2D eigenvalue weighted by atomic mass is 10.2. The molecule has 2 rings (SSSR count). The predicted molar refractivity (Wildman–Crippen MR) is 72.3 cm³/mol. The van der Waals surface area contributed by atoms with Gasteiger partial charge in [-0.1, -0.05) is 12.1 Å². The lowest BCUT2D eigenvalue weighted by Crippen LogP contribution is -2.39. The third kappa shape index (κ3) is 2.55. The largest absolute Gasteiger partial charge is 0.346 e. The summed E-state index contributed by atoms with van der Waals surface area (Å²) < 4.78 is 2.11. The maximum Gasteiger partial charge on any atom is 0.346 e. The molecule has 7 nitrogen and oxygen atoms in total. The Morgan fingerprint density at radius 3 is 2.74 bits per heavy atom. The number of hydrogen-bond donors (Lipinski definition) is 2. The van der Waals surface area contributed by atoms with Gasteiger partial charge in [0.05, 0.1) is 0 Å². The van der Waals surface area contributed by atoms with E-state index in [1.54, 1.807) is 6.07 Å². The Kier molecular flexibility index (Phi) is 3.48. The highest BCUT2D eigenvalue weighted by atomic mass is 16.2. The average molecular weight is 261 g/mol. The molecule has 0 spiro atoms. The van der Waals surface area contributed by atoms with Crippen LogP contribution in [-0.2, 0) is 20.6 Å². The molecule has 0 atom stereocenters. The summed E-state index contributed by atoms with van der Waals surface area (Å²) in [6.07, 6.45) is 0. The molecule has 0 saturated heterocycles. The summed E-state index contributed by atoms with van der Waals surface area (Å²) in [5, 5.41) is 6.81. The van der Waals surface area contributed by atoms with Gasteiger partial charge in [-0.25, -0.2) is 9.48 Å². The van der Waals surface area contributed by atoms with Gasteiger partial charge in [0, 0.05) is 26.3 Å². The summed E-state index contributed by atoms with van der Waals surface area (Å²) in [7, 11) is 2.90. The third-order valence-corrected chi connectivity index (χ3v) is 2.75. The van der Waals surface area contributed by atoms with Crippen molar-refractivity contribution < 1.29 is 0 Å². The minimum absolute atomic E-state index is 0.0961. The number of hydrogen-bond acceptors (Lipinski definition) is 5. The second-order valence-corrected chi connectivity index (χ2v) is 4.15. The molecule has 0 aliphatic heterocycles. The van der Waals surface area contributed by atoms with Crippen molar-refractivity contribution in [1.29, 1.82) is 0 Å². The highest BCUT2D eigenvalue weighted by Crippen LogP contribution is 2.12. The van der Waals surface area contributed by atoms with Gasteiger partial charge >= 0.3 is 5.69 Å². The van der Waals surface area contributed by atoms with E-state index in [1.165, 1.54) is 14.1 Å². The third-order valence-electron chi connectivity index (χ3n) is 2.75. The average Bonchev–Trinajstić information content (AvgIpc) is 2.42. The molecular formula is C12H15N5O2. The van der Waals surface area contributed by atoms with Crippen LogP contribution in [0.5, 0.6) is 0 Å². The number of nitrogens with zero attached hydrogens (tertiary/aromatic N) is 3. The molecule has 0 aliphatic carbocycles. The molecule has 0 fully saturated rings. The van der Waals surface area contributed by atoms with E-state index in [9.17, 15) is 9.59 Å². The fourth-order valence-electron chi connectivity index (χ4n) is 1.69. The van der Waals surface area contributed by atoms with E-state index in [1.807, 2.05) is 18.2 Å². The summed E-state index contributed by atoms with van der Waals surface area (Å²) in [6.45, 7) is 0.411. The van der Waals surface area contributed by atoms with Gasteiger partial charge < -0.3 is 11.1 Å². The van der Waals surface area contributed by atoms with Gasteiger partial charge in [0.1, 0.15) is 0 Å². The van der Waals surface area contributed by atoms with Crippen molar-refractivity contribution in [2.45, 2.75) is 6.54 Å². The van der Waals surface area contributed by atoms with Crippen LogP contribution >= 0.6 is 0 Å². The topological polar surface area (TPSA) is 94.9 Å². The van der Waals surface area contributed by atoms with Crippen molar-refractivity contribution in [2.24, 2.45) is 19.8 Å². The molecule has 1 aromatic heterocycles. The van der Waals surface area contributed by atoms with Crippen molar-refractivity contribution >= 4 is 11.5 Å².